The molecule has 6 aromatic heterocycles. The molecule has 0 unspecified atom stereocenters. The number of rotatable bonds is 12. The van der Waals surface area contributed by atoms with Crippen LogP contribution >= 0.6 is 79.6 Å². The number of nitrogens with zero attached hydrogens (tertiary/aromatic N) is 11. The smallest absolute Gasteiger partial charge is 0.164 e. The highest BCUT2D eigenvalue weighted by Crippen LogP contribution is 2.34. The molecule has 0 atom stereocenters. The van der Waals surface area contributed by atoms with Gasteiger partial charge in [-0.15, -0.1) is 0 Å². The van der Waals surface area contributed by atoms with E-state index >= 15 is 0 Å². The second kappa shape index (κ2) is 37.1. The summed E-state index contributed by atoms with van der Waals surface area (Å²) in [5, 5.41) is 0. The standard InChI is InChI=1S/2C22H15BrN2.C21H14BrN3.C19H13BrN2.C13H9BrN2/c23-19-13-11-17(12-14-19)21-15-20(16-7-3-1-4-8-16)24-22(25-21)18-9-5-2-6-10-18;23-19-13-11-18(12-14-19)22-24-20(16-7-3-1-4-8-16)15-21(25-22)17-9-5-2-6-10-17;22-18-13-11-17(12-14-18)21-24-19(15-7-3-1-4-8-15)23-20(25-21)16-9-5-2-6-10-16;20-15-12-10-14(11-13-15)19-21-17-8-4-5-9-18(17)22(19)16-6-2-1-3-7-16;14-11-6-4-10(5-7-11)12-9-16-8-2-1-3-13(16)15-12/h2*1-15H;1-14H;1-13H;1-9H. The molecule has 16 heteroatoms. The summed E-state index contributed by atoms with van der Waals surface area (Å²) in [6, 6.07) is 130. The number of aromatic nitrogens is 11. The number of fused-ring (bicyclic) bond motifs is 2. The van der Waals surface area contributed by atoms with Gasteiger partial charge in [-0.2, -0.15) is 0 Å². The normalized spacial score (nSPS) is 10.7. The first-order valence-corrected chi connectivity index (χ1v) is 40.1. The second-order valence-electron chi connectivity index (χ2n) is 25.6. The molecule has 19 rings (SSSR count). The second-order valence-corrected chi connectivity index (χ2v) is 30.2. The van der Waals surface area contributed by atoms with Gasteiger partial charge < -0.3 is 4.40 Å². The van der Waals surface area contributed by atoms with Crippen molar-refractivity contribution in [3.63, 3.8) is 0 Å². The highest BCUT2D eigenvalue weighted by atomic mass is 79.9. The van der Waals surface area contributed by atoms with Crippen molar-refractivity contribution in [1.82, 2.24) is 53.8 Å². The Morgan fingerprint density at radius 1 is 0.204 bits per heavy atom. The van der Waals surface area contributed by atoms with E-state index in [0.717, 1.165) is 152 Å². The zero-order valence-corrected chi connectivity index (χ0v) is 68.3. The van der Waals surface area contributed by atoms with Gasteiger partial charge in [0.05, 0.1) is 39.5 Å². The molecular weight excluding hydrogens is 1720 g/mol. The number of imidazole rings is 2. The highest BCUT2D eigenvalue weighted by Gasteiger charge is 2.17. The van der Waals surface area contributed by atoms with Gasteiger partial charge in [0.2, 0.25) is 0 Å². The van der Waals surface area contributed by atoms with E-state index in [4.69, 9.17) is 34.9 Å². The minimum Gasteiger partial charge on any atom is -0.306 e. The molecule has 13 aromatic carbocycles. The van der Waals surface area contributed by atoms with E-state index < -0.39 is 0 Å². The average Bonchev–Trinajstić information content (AvgIpc) is 1.61. The highest BCUT2D eigenvalue weighted by molar-refractivity contribution is 9.11. The van der Waals surface area contributed by atoms with Crippen LogP contribution in [0.5, 0.6) is 0 Å². The van der Waals surface area contributed by atoms with Gasteiger partial charge in [0.15, 0.2) is 29.1 Å². The molecule has 0 aliphatic rings. The summed E-state index contributed by atoms with van der Waals surface area (Å²) >= 11 is 17.4. The number of hydrogen-bond donors (Lipinski definition) is 0. The number of para-hydroxylation sites is 3. The Morgan fingerprint density at radius 3 is 0.841 bits per heavy atom. The summed E-state index contributed by atoms with van der Waals surface area (Å²) in [7, 11) is 0. The Kier molecular flexibility index (Phi) is 24.9. The van der Waals surface area contributed by atoms with Gasteiger partial charge in [0.25, 0.3) is 0 Å². The molecule has 0 saturated heterocycles. The van der Waals surface area contributed by atoms with Crippen molar-refractivity contribution in [2.45, 2.75) is 0 Å². The van der Waals surface area contributed by atoms with E-state index in [2.05, 4.69) is 209 Å². The minimum atomic E-state index is 0.667. The molecule has 11 nitrogen and oxygen atoms in total. The number of pyridine rings is 1. The predicted molar refractivity (Wildman–Crippen MR) is 478 cm³/mol. The van der Waals surface area contributed by atoms with Crippen molar-refractivity contribution in [3.8, 4) is 130 Å². The maximum Gasteiger partial charge on any atom is 0.164 e. The summed E-state index contributed by atoms with van der Waals surface area (Å²) in [5.41, 5.74) is 20.4. The molecule has 0 amide bonds. The van der Waals surface area contributed by atoms with Crippen LogP contribution in [0.25, 0.3) is 147 Å². The third-order valence-corrected chi connectivity index (χ3v) is 20.6. The Bertz CT molecular complexity index is 5690. The van der Waals surface area contributed by atoms with Gasteiger partial charge >= 0.3 is 0 Å². The van der Waals surface area contributed by atoms with E-state index in [1.165, 1.54) is 0 Å². The molecule has 113 heavy (non-hydrogen) atoms. The Labute approximate surface area is 697 Å². The summed E-state index contributed by atoms with van der Waals surface area (Å²) in [4.78, 5) is 42.7. The van der Waals surface area contributed by atoms with Crippen LogP contribution in [0, 0.1) is 0 Å². The maximum atomic E-state index is 4.84. The maximum absolute atomic E-state index is 4.84. The molecule has 0 aliphatic carbocycles. The van der Waals surface area contributed by atoms with Gasteiger partial charge in [-0.3, -0.25) is 4.57 Å². The third-order valence-electron chi connectivity index (χ3n) is 17.9. The molecule has 544 valence electrons. The Morgan fingerprint density at radius 2 is 0.478 bits per heavy atom. The number of halogens is 5. The Hall–Kier alpha value is -12.4. The molecule has 0 spiro atoms. The monoisotopic (exact) mass is 1780 g/mol. The molecule has 0 aliphatic heterocycles. The van der Waals surface area contributed by atoms with Crippen molar-refractivity contribution in [1.29, 1.82) is 0 Å². The minimum absolute atomic E-state index is 0.667. The molecule has 0 N–H and O–H groups in total. The summed E-state index contributed by atoms with van der Waals surface area (Å²) in [6.07, 6.45) is 4.04. The summed E-state index contributed by atoms with van der Waals surface area (Å²) in [6.45, 7) is 0. The van der Waals surface area contributed by atoms with Gasteiger partial charge in [-0.05, 0) is 109 Å². The van der Waals surface area contributed by atoms with Crippen LogP contribution in [0.4, 0.5) is 0 Å². The van der Waals surface area contributed by atoms with E-state index in [0.29, 0.717) is 17.5 Å². The van der Waals surface area contributed by atoms with Crippen LogP contribution < -0.4 is 0 Å². The lowest BCUT2D eigenvalue weighted by Crippen LogP contribution is -1.99. The summed E-state index contributed by atoms with van der Waals surface area (Å²) < 4.78 is 9.50. The van der Waals surface area contributed by atoms with E-state index in [-0.39, 0.29) is 0 Å². The van der Waals surface area contributed by atoms with Crippen LogP contribution in [0.2, 0.25) is 0 Å². The Balaban J connectivity index is 0.000000112. The van der Waals surface area contributed by atoms with Crippen molar-refractivity contribution < 1.29 is 0 Å². The van der Waals surface area contributed by atoms with Gasteiger partial charge in [-0.1, -0.05) is 359 Å². The molecule has 0 fully saturated rings. The number of hydrogen-bond acceptors (Lipinski definition) is 9. The largest absolute Gasteiger partial charge is 0.306 e. The number of benzene rings is 13. The lowest BCUT2D eigenvalue weighted by molar-refractivity contribution is 1.07. The van der Waals surface area contributed by atoms with Crippen LogP contribution in [0.1, 0.15) is 0 Å². The predicted octanol–water partition coefficient (Wildman–Crippen LogP) is 27.3. The quantitative estimate of drug-likeness (QED) is 0.118. The third kappa shape index (κ3) is 19.7. The molecule has 6 heterocycles. The topological polar surface area (TPSA) is 125 Å². The first-order valence-electron chi connectivity index (χ1n) is 36.2. The fourth-order valence-corrected chi connectivity index (χ4v) is 13.6. The zero-order valence-electron chi connectivity index (χ0n) is 60.4. The van der Waals surface area contributed by atoms with Crippen molar-refractivity contribution in [2.75, 3.05) is 0 Å². The van der Waals surface area contributed by atoms with Crippen molar-refractivity contribution >= 4 is 96.3 Å². The fraction of sp³-hybridized carbons (Fsp3) is 0. The van der Waals surface area contributed by atoms with Gasteiger partial charge in [0.1, 0.15) is 11.5 Å². The van der Waals surface area contributed by atoms with Crippen LogP contribution in [-0.4, -0.2) is 53.8 Å². The molecule has 0 saturated carbocycles. The zero-order chi connectivity index (χ0) is 77.1. The van der Waals surface area contributed by atoms with Gasteiger partial charge in [-0.25, -0.2) is 44.9 Å². The van der Waals surface area contributed by atoms with E-state index in [1.54, 1.807) is 0 Å². The van der Waals surface area contributed by atoms with Crippen LogP contribution in [-0.2, 0) is 0 Å². The van der Waals surface area contributed by atoms with Crippen molar-refractivity contribution in [2.24, 2.45) is 0 Å². The van der Waals surface area contributed by atoms with Crippen LogP contribution in [0.3, 0.4) is 0 Å². The van der Waals surface area contributed by atoms with Crippen molar-refractivity contribution in [3.05, 3.63) is 423 Å². The fourth-order valence-electron chi connectivity index (χ4n) is 12.3. The van der Waals surface area contributed by atoms with Crippen LogP contribution in [0.15, 0.2) is 423 Å². The first-order chi connectivity index (χ1) is 55.5. The molecule has 0 bridgehead atoms. The lowest BCUT2D eigenvalue weighted by Gasteiger charge is -2.09. The first kappa shape index (κ1) is 76.0. The van der Waals surface area contributed by atoms with E-state index in [1.807, 2.05) is 290 Å². The molecule has 19 aromatic rings. The lowest BCUT2D eigenvalue weighted by atomic mass is 10.1. The SMILES string of the molecule is Brc1ccc(-c2cc(-c3ccccc3)nc(-c3ccccc3)n2)cc1.Brc1ccc(-c2cn3ccccc3n2)cc1.Brc1ccc(-c2nc(-c3ccccc3)cc(-c3ccccc3)n2)cc1.Brc1ccc(-c2nc(-c3ccccc3)nc(-c3ccccc3)n2)cc1.Brc1ccc(-c2nc3ccccc3n2-c2ccccc2)cc1. The average molecular weight is 1790 g/mol. The summed E-state index contributed by atoms with van der Waals surface area (Å²) in [5.74, 6) is 4.44. The van der Waals surface area contributed by atoms with E-state index in [9.17, 15) is 0 Å². The van der Waals surface area contributed by atoms with Gasteiger partial charge in [0, 0.05) is 102 Å². The molecule has 0 radical (unpaired) electrons. The molecular formula is C97H66Br5N11.